The molecule has 0 unspecified atom stereocenters. The van der Waals surface area contributed by atoms with Crippen LogP contribution in [0.3, 0.4) is 0 Å². The van der Waals surface area contributed by atoms with E-state index < -0.39 is 0 Å². The highest BCUT2D eigenvalue weighted by atomic mass is 16.5. The highest BCUT2D eigenvalue weighted by Gasteiger charge is 2.34. The molecule has 2 rings (SSSR count). The predicted molar refractivity (Wildman–Crippen MR) is 73.7 cm³/mol. The van der Waals surface area contributed by atoms with Gasteiger partial charge in [0.2, 0.25) is 5.70 Å². The minimum absolute atomic E-state index is 0.0789. The molecular formula is C14H16N2O4. The molecule has 6 heteroatoms. The fraction of sp³-hybridized carbons (Fsp3) is 0.286. The smallest absolute Gasteiger partial charge is 0.291 e. The monoisotopic (exact) mass is 276 g/mol. The number of hydrogen-bond donors (Lipinski definition) is 2. The lowest BCUT2D eigenvalue weighted by Gasteiger charge is -2.36. The van der Waals surface area contributed by atoms with E-state index in [1.165, 1.54) is 0 Å². The van der Waals surface area contributed by atoms with Gasteiger partial charge in [-0.05, 0) is 19.1 Å². The van der Waals surface area contributed by atoms with Crippen LogP contribution in [0.4, 0.5) is 0 Å². The Hall–Kier alpha value is -2.02. The lowest BCUT2D eigenvalue weighted by Crippen LogP contribution is -2.26. The minimum Gasteiger partial charge on any atom is -0.754 e. The third-order valence-electron chi connectivity index (χ3n) is 3.27. The van der Waals surface area contributed by atoms with Gasteiger partial charge in [-0.25, -0.2) is 0 Å². The summed E-state index contributed by atoms with van der Waals surface area (Å²) in [7, 11) is 0. The molecule has 0 amide bonds. The largest absolute Gasteiger partial charge is 0.754 e. The Morgan fingerprint density at radius 3 is 2.30 bits per heavy atom. The maximum Gasteiger partial charge on any atom is 0.291 e. The first-order valence-corrected chi connectivity index (χ1v) is 6.17. The molecule has 0 aliphatic carbocycles. The van der Waals surface area contributed by atoms with Crippen LogP contribution in [-0.2, 0) is 0 Å². The Balaban J connectivity index is 2.68. The SMILES string of the molecule is CC1=CC=C(CO)C(=C2C(CO)=CC=C(C)[N+]2=O)N1[O-]. The molecular weight excluding hydrogens is 260 g/mol. The van der Waals surface area contributed by atoms with Gasteiger partial charge in [-0.3, -0.25) is 0 Å². The van der Waals surface area contributed by atoms with Crippen molar-refractivity contribution in [2.75, 3.05) is 13.2 Å². The van der Waals surface area contributed by atoms with Crippen LogP contribution in [0.5, 0.6) is 0 Å². The quantitative estimate of drug-likeness (QED) is 0.745. The van der Waals surface area contributed by atoms with E-state index in [0.29, 0.717) is 32.4 Å². The molecule has 0 atom stereocenters. The average molecular weight is 276 g/mol. The number of hydroxylamine groups is 2. The van der Waals surface area contributed by atoms with E-state index in [-0.39, 0.29) is 24.6 Å². The minimum atomic E-state index is -0.364. The second kappa shape index (κ2) is 5.54. The van der Waals surface area contributed by atoms with Crippen molar-refractivity contribution in [3.05, 3.63) is 68.4 Å². The van der Waals surface area contributed by atoms with E-state index in [1.54, 1.807) is 38.2 Å². The van der Waals surface area contributed by atoms with Crippen LogP contribution in [-0.4, -0.2) is 33.3 Å². The van der Waals surface area contributed by atoms with Crippen LogP contribution in [0.2, 0.25) is 0 Å². The second-order valence-corrected chi connectivity index (χ2v) is 4.60. The van der Waals surface area contributed by atoms with Crippen molar-refractivity contribution in [2.45, 2.75) is 13.8 Å². The van der Waals surface area contributed by atoms with Gasteiger partial charge in [0.15, 0.2) is 0 Å². The number of nitrogens with zero attached hydrogens (tertiary/aromatic N) is 2. The van der Waals surface area contributed by atoms with Crippen LogP contribution in [0.1, 0.15) is 13.8 Å². The summed E-state index contributed by atoms with van der Waals surface area (Å²) in [4.78, 5) is 12.3. The van der Waals surface area contributed by atoms with Crippen LogP contribution >= 0.6 is 0 Å². The summed E-state index contributed by atoms with van der Waals surface area (Å²) < 4.78 is 0.605. The van der Waals surface area contributed by atoms with Crippen LogP contribution in [0.25, 0.3) is 0 Å². The Morgan fingerprint density at radius 2 is 1.70 bits per heavy atom. The first-order valence-electron chi connectivity index (χ1n) is 6.17. The topological polar surface area (TPSA) is 86.8 Å². The van der Waals surface area contributed by atoms with Gasteiger partial charge >= 0.3 is 0 Å². The fourth-order valence-electron chi connectivity index (χ4n) is 2.10. The number of allylic oxidation sites excluding steroid dienone is 6. The molecule has 2 heterocycles. The van der Waals surface area contributed by atoms with E-state index in [2.05, 4.69) is 0 Å². The first-order chi connectivity index (χ1) is 9.51. The van der Waals surface area contributed by atoms with Crippen molar-refractivity contribution in [1.29, 1.82) is 0 Å². The van der Waals surface area contributed by atoms with Gasteiger partial charge in [-0.2, -0.15) is 0 Å². The van der Waals surface area contributed by atoms with Gasteiger partial charge in [0.1, 0.15) is 5.70 Å². The number of aliphatic hydroxyl groups excluding tert-OH is 2. The van der Waals surface area contributed by atoms with Crippen LogP contribution in [0, 0.1) is 10.1 Å². The normalized spacial score (nSPS) is 23.2. The molecule has 2 N–H and O–H groups in total. The molecule has 20 heavy (non-hydrogen) atoms. The van der Waals surface area contributed by atoms with Crippen molar-refractivity contribution < 1.29 is 15.0 Å². The lowest BCUT2D eigenvalue weighted by atomic mass is 10.00. The summed E-state index contributed by atoms with van der Waals surface area (Å²) in [5, 5.41) is 31.6. The Morgan fingerprint density at radius 1 is 1.10 bits per heavy atom. The van der Waals surface area contributed by atoms with E-state index in [9.17, 15) is 20.3 Å². The first kappa shape index (κ1) is 14.4. The third kappa shape index (κ3) is 2.24. The average Bonchev–Trinajstić information content (AvgIpc) is 2.45. The Kier molecular flexibility index (Phi) is 3.99. The molecule has 0 aromatic heterocycles. The molecule has 0 spiro atoms. The zero-order valence-electron chi connectivity index (χ0n) is 11.3. The molecule has 0 aromatic carbocycles. The van der Waals surface area contributed by atoms with Crippen molar-refractivity contribution in [3.8, 4) is 0 Å². The van der Waals surface area contributed by atoms with Crippen molar-refractivity contribution in [2.24, 2.45) is 0 Å². The zero-order chi connectivity index (χ0) is 14.9. The van der Waals surface area contributed by atoms with Crippen molar-refractivity contribution in [3.63, 3.8) is 0 Å². The zero-order valence-corrected chi connectivity index (χ0v) is 11.3. The molecule has 2 aliphatic rings. The molecule has 6 nitrogen and oxygen atoms in total. The standard InChI is InChI=1S/C14H16N2O4/c1-9-3-5-11(7-17)13(15(9)19)14-12(8-18)6-4-10(2)16(14)20/h3-6,17-18H,7-8H2,1-2H3. The number of aliphatic hydroxyl groups is 2. The highest BCUT2D eigenvalue weighted by molar-refractivity contribution is 5.49. The molecule has 0 radical (unpaired) electrons. The number of nitroso groups, excluding NO2 is 1. The van der Waals surface area contributed by atoms with E-state index in [4.69, 9.17) is 0 Å². The maximum atomic E-state index is 12.3. The van der Waals surface area contributed by atoms with E-state index in [0.717, 1.165) is 0 Å². The van der Waals surface area contributed by atoms with Crippen LogP contribution < -0.4 is 0 Å². The molecule has 0 saturated heterocycles. The number of hydrogen-bond acceptors (Lipinski definition) is 5. The number of rotatable bonds is 2. The molecule has 0 saturated carbocycles. The van der Waals surface area contributed by atoms with E-state index in [1.807, 2.05) is 0 Å². The lowest BCUT2D eigenvalue weighted by molar-refractivity contribution is -0.444. The second-order valence-electron chi connectivity index (χ2n) is 4.60. The molecule has 0 fully saturated rings. The van der Waals surface area contributed by atoms with Crippen LogP contribution in [0.15, 0.2) is 58.2 Å². The van der Waals surface area contributed by atoms with Gasteiger partial charge in [0.25, 0.3) is 5.70 Å². The molecule has 0 aromatic rings. The molecule has 106 valence electrons. The van der Waals surface area contributed by atoms with Crippen molar-refractivity contribution >= 4 is 0 Å². The third-order valence-corrected chi connectivity index (χ3v) is 3.27. The summed E-state index contributed by atoms with van der Waals surface area (Å²) >= 11 is 0. The van der Waals surface area contributed by atoms with Gasteiger partial charge in [-0.1, -0.05) is 6.08 Å². The van der Waals surface area contributed by atoms with Gasteiger partial charge in [-0.15, -0.1) is 0 Å². The summed E-state index contributed by atoms with van der Waals surface area (Å²) in [6, 6.07) is 0. The summed E-state index contributed by atoms with van der Waals surface area (Å²) in [6.07, 6.45) is 6.35. The highest BCUT2D eigenvalue weighted by Crippen LogP contribution is 2.33. The van der Waals surface area contributed by atoms with Gasteiger partial charge in [0, 0.05) is 29.2 Å². The Labute approximate surface area is 116 Å². The van der Waals surface area contributed by atoms with E-state index >= 15 is 0 Å². The molecule has 2 aliphatic heterocycles. The maximum absolute atomic E-state index is 12.3. The van der Waals surface area contributed by atoms with Crippen molar-refractivity contribution in [1.82, 2.24) is 5.06 Å². The molecule has 0 bridgehead atoms. The summed E-state index contributed by atoms with van der Waals surface area (Å²) in [5.41, 5.74) is 1.65. The fourth-order valence-corrected chi connectivity index (χ4v) is 2.10. The Bertz CT molecular complexity index is 609. The van der Waals surface area contributed by atoms with Gasteiger partial charge in [0.05, 0.1) is 23.5 Å². The van der Waals surface area contributed by atoms with Gasteiger partial charge < -0.3 is 20.5 Å². The predicted octanol–water partition coefficient (Wildman–Crippen LogP) is 1.45. The summed E-state index contributed by atoms with van der Waals surface area (Å²) in [6.45, 7) is 2.50. The summed E-state index contributed by atoms with van der Waals surface area (Å²) in [5.74, 6) is 0.